The number of methoxy groups -OCH3 is 1. The molecule has 0 radical (unpaired) electrons. The van der Waals surface area contributed by atoms with Crippen molar-refractivity contribution in [3.8, 4) is 11.5 Å². The average molecular weight is 332 g/mol. The molecule has 1 aromatic carbocycles. The van der Waals surface area contributed by atoms with Crippen LogP contribution in [0.3, 0.4) is 0 Å². The number of nitrogens with one attached hydrogen (secondary N) is 2. The summed E-state index contributed by atoms with van der Waals surface area (Å²) in [6.07, 6.45) is 3.32. The number of rotatable bonds is 8. The van der Waals surface area contributed by atoms with Crippen LogP contribution in [0.1, 0.15) is 18.5 Å². The number of hydrogen-bond acceptors (Lipinski definition) is 5. The minimum Gasteiger partial charge on any atom is -0.497 e. The maximum Gasteiger partial charge on any atom is 0.241 e. The second-order valence-electron chi connectivity index (χ2n) is 5.52. The molecule has 0 aliphatic carbocycles. The Morgan fingerprint density at radius 2 is 2.12 bits per heavy atom. The Balaban J connectivity index is 1.87. The van der Waals surface area contributed by atoms with Gasteiger partial charge in [0, 0.05) is 24.9 Å². The number of carbonyl (C=O) groups is 1. The van der Waals surface area contributed by atoms with Crippen LogP contribution >= 0.6 is 0 Å². The van der Waals surface area contributed by atoms with Gasteiger partial charge in [0.25, 0.3) is 0 Å². The minimum atomic E-state index is -0.442. The highest BCUT2D eigenvalue weighted by molar-refractivity contribution is 5.83. The molecule has 2 aromatic rings. The maximum absolute atomic E-state index is 12.4. The molecule has 0 saturated carbocycles. The summed E-state index contributed by atoms with van der Waals surface area (Å²) in [5, 5.41) is 9.99. The third kappa shape index (κ3) is 4.73. The molecule has 130 valence electrons. The molecule has 7 nitrogen and oxygen atoms in total. The van der Waals surface area contributed by atoms with Gasteiger partial charge in [-0.1, -0.05) is 6.07 Å². The molecule has 0 bridgehead atoms. The fourth-order valence-electron chi connectivity index (χ4n) is 2.33. The minimum absolute atomic E-state index is 0.119. The van der Waals surface area contributed by atoms with Crippen LogP contribution in [0.15, 0.2) is 36.7 Å². The fourth-order valence-corrected chi connectivity index (χ4v) is 2.33. The first-order valence-electron chi connectivity index (χ1n) is 7.77. The zero-order chi connectivity index (χ0) is 17.5. The second-order valence-corrected chi connectivity index (χ2v) is 5.52. The van der Waals surface area contributed by atoms with E-state index in [0.29, 0.717) is 12.3 Å². The van der Waals surface area contributed by atoms with Crippen molar-refractivity contribution in [2.75, 3.05) is 20.7 Å². The van der Waals surface area contributed by atoms with Gasteiger partial charge >= 0.3 is 0 Å². The quantitative estimate of drug-likeness (QED) is 0.761. The van der Waals surface area contributed by atoms with Crippen LogP contribution in [0.4, 0.5) is 0 Å². The van der Waals surface area contributed by atoms with Crippen molar-refractivity contribution in [3.05, 3.63) is 42.2 Å². The van der Waals surface area contributed by atoms with Crippen LogP contribution in [-0.4, -0.2) is 42.5 Å². The molecule has 2 N–H and O–H groups in total. The lowest BCUT2D eigenvalue weighted by Crippen LogP contribution is -2.40. The van der Waals surface area contributed by atoms with Gasteiger partial charge in [-0.15, -0.1) is 0 Å². The summed E-state index contributed by atoms with van der Waals surface area (Å²) in [6.45, 7) is 2.30. The summed E-state index contributed by atoms with van der Waals surface area (Å²) in [6, 6.07) is 6.93. The molecule has 1 aromatic heterocycles. The highest BCUT2D eigenvalue weighted by atomic mass is 16.5. The Morgan fingerprint density at radius 3 is 2.75 bits per heavy atom. The summed E-state index contributed by atoms with van der Waals surface area (Å²) < 4.78 is 12.6. The molecule has 7 heteroatoms. The van der Waals surface area contributed by atoms with E-state index in [9.17, 15) is 4.79 Å². The first-order valence-corrected chi connectivity index (χ1v) is 7.77. The smallest absolute Gasteiger partial charge is 0.241 e. The third-order valence-electron chi connectivity index (χ3n) is 3.55. The Morgan fingerprint density at radius 1 is 1.38 bits per heavy atom. The van der Waals surface area contributed by atoms with Crippen LogP contribution in [0.25, 0.3) is 0 Å². The van der Waals surface area contributed by atoms with E-state index >= 15 is 0 Å². The van der Waals surface area contributed by atoms with E-state index in [-0.39, 0.29) is 12.0 Å². The molecule has 1 heterocycles. The normalized spacial score (nSPS) is 13.2. The van der Waals surface area contributed by atoms with Crippen LogP contribution in [0, 0.1) is 0 Å². The number of amides is 1. The van der Waals surface area contributed by atoms with E-state index < -0.39 is 6.04 Å². The SMILES string of the molecule is CNC(C(=O)NCC(C)Oc1cccc(OC)c1)c1cnn(C)c1. The van der Waals surface area contributed by atoms with Crippen LogP contribution in [0.2, 0.25) is 0 Å². The van der Waals surface area contributed by atoms with Crippen molar-refractivity contribution in [2.45, 2.75) is 19.1 Å². The maximum atomic E-state index is 12.4. The first kappa shape index (κ1) is 17.8. The van der Waals surface area contributed by atoms with Crippen molar-refractivity contribution in [1.29, 1.82) is 0 Å². The number of carbonyl (C=O) groups excluding carboxylic acids is 1. The van der Waals surface area contributed by atoms with Gasteiger partial charge in [0.05, 0.1) is 19.9 Å². The van der Waals surface area contributed by atoms with Crippen molar-refractivity contribution in [3.63, 3.8) is 0 Å². The van der Waals surface area contributed by atoms with E-state index in [1.54, 1.807) is 25.0 Å². The number of nitrogens with zero attached hydrogens (tertiary/aromatic N) is 2. The first-order chi connectivity index (χ1) is 11.5. The number of ether oxygens (including phenoxy) is 2. The average Bonchev–Trinajstić information content (AvgIpc) is 3.00. The van der Waals surface area contributed by atoms with Crippen LogP contribution < -0.4 is 20.1 Å². The summed E-state index contributed by atoms with van der Waals surface area (Å²) in [5.74, 6) is 1.32. The predicted molar refractivity (Wildman–Crippen MR) is 91.1 cm³/mol. The van der Waals surface area contributed by atoms with Crippen LogP contribution in [0.5, 0.6) is 11.5 Å². The van der Waals surface area contributed by atoms with E-state index in [0.717, 1.165) is 11.3 Å². The lowest BCUT2D eigenvalue weighted by atomic mass is 10.1. The van der Waals surface area contributed by atoms with Gasteiger partial charge < -0.3 is 20.1 Å². The number of aromatic nitrogens is 2. The second kappa shape index (κ2) is 8.35. The van der Waals surface area contributed by atoms with Gasteiger partial charge in [0.1, 0.15) is 23.6 Å². The summed E-state index contributed by atoms with van der Waals surface area (Å²) >= 11 is 0. The van der Waals surface area contributed by atoms with Gasteiger partial charge in [-0.25, -0.2) is 0 Å². The topological polar surface area (TPSA) is 77.4 Å². The molecule has 24 heavy (non-hydrogen) atoms. The van der Waals surface area contributed by atoms with Gasteiger partial charge in [0.15, 0.2) is 0 Å². The Bertz CT molecular complexity index is 671. The zero-order valence-corrected chi connectivity index (χ0v) is 14.4. The number of aryl methyl sites for hydroxylation is 1. The third-order valence-corrected chi connectivity index (χ3v) is 3.55. The van der Waals surface area contributed by atoms with E-state index in [2.05, 4.69) is 15.7 Å². The van der Waals surface area contributed by atoms with Crippen molar-refractivity contribution in [2.24, 2.45) is 7.05 Å². The largest absolute Gasteiger partial charge is 0.497 e. The van der Waals surface area contributed by atoms with Gasteiger partial charge in [0.2, 0.25) is 5.91 Å². The highest BCUT2D eigenvalue weighted by Gasteiger charge is 2.20. The number of benzene rings is 1. The monoisotopic (exact) mass is 332 g/mol. The summed E-state index contributed by atoms with van der Waals surface area (Å²) in [5.41, 5.74) is 0.818. The number of likely N-dealkylation sites (N-methyl/N-ethyl adjacent to an activating group) is 1. The number of hydrogen-bond donors (Lipinski definition) is 2. The van der Waals surface area contributed by atoms with E-state index in [1.165, 1.54) is 0 Å². The molecule has 2 atom stereocenters. The molecular weight excluding hydrogens is 308 g/mol. The summed E-state index contributed by atoms with van der Waals surface area (Å²) in [7, 11) is 5.17. The zero-order valence-electron chi connectivity index (χ0n) is 14.4. The molecule has 0 aliphatic rings. The van der Waals surface area contributed by atoms with Gasteiger partial charge in [-0.2, -0.15) is 5.10 Å². The Labute approximate surface area is 142 Å². The van der Waals surface area contributed by atoms with E-state index in [4.69, 9.17) is 9.47 Å². The molecule has 0 saturated heterocycles. The Hall–Kier alpha value is -2.54. The fraction of sp³-hybridized carbons (Fsp3) is 0.412. The predicted octanol–water partition coefficient (Wildman–Crippen LogP) is 1.27. The Kier molecular flexibility index (Phi) is 6.20. The van der Waals surface area contributed by atoms with Gasteiger partial charge in [-0.05, 0) is 26.1 Å². The summed E-state index contributed by atoms with van der Waals surface area (Å²) in [4.78, 5) is 12.4. The molecular formula is C17H24N4O3. The van der Waals surface area contributed by atoms with Crippen molar-refractivity contribution >= 4 is 5.91 Å². The molecule has 0 fully saturated rings. The van der Waals surface area contributed by atoms with E-state index in [1.807, 2.05) is 44.4 Å². The van der Waals surface area contributed by atoms with Crippen molar-refractivity contribution in [1.82, 2.24) is 20.4 Å². The lowest BCUT2D eigenvalue weighted by molar-refractivity contribution is -0.123. The van der Waals surface area contributed by atoms with Crippen molar-refractivity contribution < 1.29 is 14.3 Å². The lowest BCUT2D eigenvalue weighted by Gasteiger charge is -2.19. The molecule has 0 spiro atoms. The van der Waals surface area contributed by atoms with Gasteiger partial charge in [-0.3, -0.25) is 9.48 Å². The molecule has 2 unspecified atom stereocenters. The molecule has 2 rings (SSSR count). The standard InChI is InChI=1S/C17H24N4O3/c1-12(24-15-7-5-6-14(8-15)23-4)9-19-17(22)16(18-2)13-10-20-21(3)11-13/h5-8,10-12,16,18H,9H2,1-4H3,(H,19,22). The molecule has 1 amide bonds. The van der Waals surface area contributed by atoms with Crippen LogP contribution in [-0.2, 0) is 11.8 Å². The molecule has 0 aliphatic heterocycles. The highest BCUT2D eigenvalue weighted by Crippen LogP contribution is 2.19.